The summed E-state index contributed by atoms with van der Waals surface area (Å²) < 4.78 is 0. The van der Waals surface area contributed by atoms with Crippen molar-refractivity contribution in [2.45, 2.75) is 174 Å². The highest BCUT2D eigenvalue weighted by molar-refractivity contribution is 4.81. The largest absolute Gasteiger partial charge is 0.0885 e. The molecule has 0 aromatic carbocycles. The molecule has 0 rings (SSSR count). The van der Waals surface area contributed by atoms with Gasteiger partial charge in [-0.05, 0) is 25.7 Å². The molecule has 0 aliphatic heterocycles. The molecule has 0 aromatic heterocycles. The van der Waals surface area contributed by atoms with Crippen molar-refractivity contribution in [2.24, 2.45) is 0 Å². The molecule has 0 bridgehead atoms. The Morgan fingerprint density at radius 1 is 0.367 bits per heavy atom. The standard InChI is InChI=1S/C30H59/c1-3-5-7-9-11-13-15-17-19-21-23-25-27-29-30-28-26-24-22-20-18-16-14-12-10-8-6-4-2/h14,16H,1,3-13,15,17-30H2,2H3. The summed E-state index contributed by atoms with van der Waals surface area (Å²) >= 11 is 0. The quantitative estimate of drug-likeness (QED) is 0.0965. The molecule has 0 fully saturated rings. The zero-order valence-corrected chi connectivity index (χ0v) is 21.2. The zero-order valence-electron chi connectivity index (χ0n) is 21.2. The molecule has 0 atom stereocenters. The highest BCUT2D eigenvalue weighted by Gasteiger charge is 1.95. The number of rotatable bonds is 26. The minimum atomic E-state index is 1.12. The summed E-state index contributed by atoms with van der Waals surface area (Å²) in [5.74, 6) is 0. The second-order valence-electron chi connectivity index (χ2n) is 9.68. The maximum Gasteiger partial charge on any atom is -0.0351 e. The predicted molar refractivity (Wildman–Crippen MR) is 140 cm³/mol. The van der Waals surface area contributed by atoms with Crippen LogP contribution >= 0.6 is 0 Å². The van der Waals surface area contributed by atoms with E-state index in [0.29, 0.717) is 0 Å². The Morgan fingerprint density at radius 2 is 0.633 bits per heavy atom. The van der Waals surface area contributed by atoms with Crippen molar-refractivity contribution >= 4 is 0 Å². The van der Waals surface area contributed by atoms with Crippen LogP contribution in [0.15, 0.2) is 12.2 Å². The van der Waals surface area contributed by atoms with Gasteiger partial charge < -0.3 is 0 Å². The fraction of sp³-hybridized carbons (Fsp3) is 0.900. The molecule has 0 aromatic rings. The summed E-state index contributed by atoms with van der Waals surface area (Å²) in [4.78, 5) is 0. The lowest BCUT2D eigenvalue weighted by molar-refractivity contribution is 0.522. The van der Waals surface area contributed by atoms with Crippen molar-refractivity contribution in [3.05, 3.63) is 19.1 Å². The van der Waals surface area contributed by atoms with Gasteiger partial charge in [0.15, 0.2) is 0 Å². The van der Waals surface area contributed by atoms with Crippen molar-refractivity contribution in [3.8, 4) is 0 Å². The average Bonchev–Trinajstić information content (AvgIpc) is 2.76. The first-order chi connectivity index (χ1) is 14.9. The Labute approximate surface area is 193 Å². The highest BCUT2D eigenvalue weighted by atomic mass is 14.0. The van der Waals surface area contributed by atoms with E-state index in [1.165, 1.54) is 161 Å². The molecule has 0 saturated heterocycles. The maximum atomic E-state index is 3.92. The number of unbranched alkanes of at least 4 members (excludes halogenated alkanes) is 24. The van der Waals surface area contributed by atoms with Gasteiger partial charge in [0.25, 0.3) is 0 Å². The summed E-state index contributed by atoms with van der Waals surface area (Å²) in [7, 11) is 0. The van der Waals surface area contributed by atoms with Gasteiger partial charge in [-0.1, -0.05) is 167 Å². The minimum absolute atomic E-state index is 1.12. The third-order valence-electron chi connectivity index (χ3n) is 6.51. The van der Waals surface area contributed by atoms with Crippen LogP contribution in [0.4, 0.5) is 0 Å². The SMILES string of the molecule is [CH2]CCCCCCCCCCCCCCCCCCCCCC=CCCCCCC. The van der Waals surface area contributed by atoms with Gasteiger partial charge in [0.2, 0.25) is 0 Å². The molecule has 0 aliphatic carbocycles. The Morgan fingerprint density at radius 3 is 0.933 bits per heavy atom. The van der Waals surface area contributed by atoms with Gasteiger partial charge >= 0.3 is 0 Å². The third kappa shape index (κ3) is 27.7. The minimum Gasteiger partial charge on any atom is -0.0885 e. The molecule has 0 saturated carbocycles. The molecule has 0 heterocycles. The van der Waals surface area contributed by atoms with Gasteiger partial charge in [-0.15, -0.1) is 0 Å². The van der Waals surface area contributed by atoms with Gasteiger partial charge in [-0.2, -0.15) is 0 Å². The van der Waals surface area contributed by atoms with Gasteiger partial charge in [-0.3, -0.25) is 0 Å². The molecule has 0 aliphatic rings. The summed E-state index contributed by atoms with van der Waals surface area (Å²) in [5, 5.41) is 0. The number of hydrogen-bond acceptors (Lipinski definition) is 0. The predicted octanol–water partition coefficient (Wildman–Crippen LogP) is 11.5. The number of allylic oxidation sites excluding steroid dienone is 2. The molecule has 0 unspecified atom stereocenters. The van der Waals surface area contributed by atoms with Crippen molar-refractivity contribution in [1.29, 1.82) is 0 Å². The van der Waals surface area contributed by atoms with Crippen LogP contribution in [0.5, 0.6) is 0 Å². The molecule has 30 heavy (non-hydrogen) atoms. The molecular formula is C30H59. The van der Waals surface area contributed by atoms with Crippen LogP contribution in [-0.4, -0.2) is 0 Å². The molecule has 0 amide bonds. The lowest BCUT2D eigenvalue weighted by atomic mass is 10.0. The zero-order chi connectivity index (χ0) is 21.8. The Bertz CT molecular complexity index is 303. The average molecular weight is 420 g/mol. The van der Waals surface area contributed by atoms with Gasteiger partial charge in [0.1, 0.15) is 0 Å². The highest BCUT2D eigenvalue weighted by Crippen LogP contribution is 2.15. The second kappa shape index (κ2) is 28.7. The number of hydrogen-bond donors (Lipinski definition) is 0. The monoisotopic (exact) mass is 419 g/mol. The Balaban J connectivity index is 3.02. The van der Waals surface area contributed by atoms with Crippen molar-refractivity contribution in [1.82, 2.24) is 0 Å². The van der Waals surface area contributed by atoms with E-state index in [2.05, 4.69) is 26.0 Å². The molecule has 0 N–H and O–H groups in total. The van der Waals surface area contributed by atoms with E-state index in [0.717, 1.165) is 6.42 Å². The summed E-state index contributed by atoms with van der Waals surface area (Å²) in [6, 6.07) is 0. The van der Waals surface area contributed by atoms with Crippen molar-refractivity contribution in [3.63, 3.8) is 0 Å². The second-order valence-corrected chi connectivity index (χ2v) is 9.68. The third-order valence-corrected chi connectivity index (χ3v) is 6.51. The lowest BCUT2D eigenvalue weighted by Gasteiger charge is -2.04. The van der Waals surface area contributed by atoms with E-state index in [9.17, 15) is 0 Å². The van der Waals surface area contributed by atoms with Crippen LogP contribution in [0.1, 0.15) is 174 Å². The fourth-order valence-electron chi connectivity index (χ4n) is 4.37. The van der Waals surface area contributed by atoms with Crippen LogP contribution in [0.3, 0.4) is 0 Å². The molecule has 1 radical (unpaired) electrons. The Hall–Kier alpha value is -0.260. The van der Waals surface area contributed by atoms with Crippen molar-refractivity contribution in [2.75, 3.05) is 0 Å². The fourth-order valence-corrected chi connectivity index (χ4v) is 4.37. The van der Waals surface area contributed by atoms with E-state index in [1.54, 1.807) is 0 Å². The smallest absolute Gasteiger partial charge is 0.0351 e. The topological polar surface area (TPSA) is 0 Å². The van der Waals surface area contributed by atoms with Crippen LogP contribution in [-0.2, 0) is 0 Å². The normalized spacial score (nSPS) is 11.7. The van der Waals surface area contributed by atoms with E-state index >= 15 is 0 Å². The van der Waals surface area contributed by atoms with Crippen LogP contribution in [0.2, 0.25) is 0 Å². The first-order valence-electron chi connectivity index (χ1n) is 14.4. The maximum absolute atomic E-state index is 3.92. The summed E-state index contributed by atoms with van der Waals surface area (Å²) in [6.45, 7) is 6.20. The van der Waals surface area contributed by atoms with E-state index in [1.807, 2.05) is 0 Å². The molecule has 0 heteroatoms. The van der Waals surface area contributed by atoms with Gasteiger partial charge in [0.05, 0.1) is 0 Å². The molecular weight excluding hydrogens is 360 g/mol. The van der Waals surface area contributed by atoms with Crippen molar-refractivity contribution < 1.29 is 0 Å². The molecule has 179 valence electrons. The first-order valence-corrected chi connectivity index (χ1v) is 14.4. The van der Waals surface area contributed by atoms with Gasteiger partial charge in [0, 0.05) is 0 Å². The van der Waals surface area contributed by atoms with Gasteiger partial charge in [-0.25, -0.2) is 0 Å². The molecule has 0 spiro atoms. The van der Waals surface area contributed by atoms with Crippen LogP contribution in [0, 0.1) is 6.92 Å². The van der Waals surface area contributed by atoms with E-state index in [4.69, 9.17) is 0 Å². The van der Waals surface area contributed by atoms with Crippen LogP contribution < -0.4 is 0 Å². The molecule has 0 nitrogen and oxygen atoms in total. The van der Waals surface area contributed by atoms with Crippen LogP contribution in [0.25, 0.3) is 0 Å². The lowest BCUT2D eigenvalue weighted by Crippen LogP contribution is -1.84. The first kappa shape index (κ1) is 29.7. The Kier molecular flexibility index (Phi) is 28.5. The van der Waals surface area contributed by atoms with E-state index < -0.39 is 0 Å². The summed E-state index contributed by atoms with van der Waals surface area (Å²) in [6.07, 6.45) is 41.8. The summed E-state index contributed by atoms with van der Waals surface area (Å²) in [5.41, 5.74) is 0. The van der Waals surface area contributed by atoms with E-state index in [-0.39, 0.29) is 0 Å².